The number of aliphatic hydroxyl groups excluding tert-OH is 2. The Morgan fingerprint density at radius 2 is 0.672 bits per heavy atom. The van der Waals surface area contributed by atoms with Gasteiger partial charge in [-0.25, -0.2) is 0 Å². The molecule has 0 spiro atoms. The first-order valence-electron chi connectivity index (χ1n) is 23.5. The van der Waals surface area contributed by atoms with Gasteiger partial charge in [-0.2, -0.15) is 0 Å². The molecule has 0 radical (unpaired) electrons. The van der Waals surface area contributed by atoms with Gasteiger partial charge in [0.25, 0.3) is 0 Å². The van der Waals surface area contributed by atoms with Gasteiger partial charge in [0.05, 0.1) is 0 Å². The molecule has 3 N–H and O–H groups in total. The summed E-state index contributed by atoms with van der Waals surface area (Å²) in [6.07, 6.45) is 62.1. The number of hydrogen-bond acceptors (Lipinski definition) is 6. The Hall–Kier alpha value is -4.23. The Kier molecular flexibility index (Phi) is 39.5. The summed E-state index contributed by atoms with van der Waals surface area (Å²) in [5.41, 5.74) is -3.08. The van der Waals surface area contributed by atoms with E-state index in [0.29, 0.717) is 6.42 Å². The van der Waals surface area contributed by atoms with Crippen LogP contribution in [-0.4, -0.2) is 50.5 Å². The molecule has 0 amide bonds. The molecule has 61 heavy (non-hydrogen) atoms. The van der Waals surface area contributed by atoms with E-state index in [1.807, 2.05) is 60.8 Å². The van der Waals surface area contributed by atoms with Crippen LogP contribution in [0.15, 0.2) is 146 Å². The van der Waals surface area contributed by atoms with Gasteiger partial charge in [-0.05, 0) is 44.3 Å². The molecule has 0 saturated carbocycles. The monoisotopic (exact) mass is 839 g/mol. The predicted molar refractivity (Wildman–Crippen MR) is 260 cm³/mol. The van der Waals surface area contributed by atoms with Crippen LogP contribution in [-0.2, 0) is 14.4 Å². The molecule has 0 aromatic heterocycles. The van der Waals surface area contributed by atoms with Crippen molar-refractivity contribution in [3.8, 4) is 0 Å². The van der Waals surface area contributed by atoms with E-state index < -0.39 is 35.2 Å². The van der Waals surface area contributed by atoms with Crippen molar-refractivity contribution in [3.63, 3.8) is 0 Å². The number of carbonyl (C=O) groups excluding carboxylic acids is 3. The highest BCUT2D eigenvalue weighted by molar-refractivity contribution is 6.19. The number of Topliss-reactive ketones (excluding diaryl/α,β-unsaturated/α-hetero) is 1. The summed E-state index contributed by atoms with van der Waals surface area (Å²) in [5, 5.41) is 33.1. The van der Waals surface area contributed by atoms with Crippen LogP contribution in [0.3, 0.4) is 0 Å². The van der Waals surface area contributed by atoms with Gasteiger partial charge in [-0.15, -0.1) is 0 Å². The number of rotatable bonds is 39. The third kappa shape index (κ3) is 32.2. The Morgan fingerprint density at radius 1 is 0.393 bits per heavy atom. The zero-order valence-electron chi connectivity index (χ0n) is 38.1. The summed E-state index contributed by atoms with van der Waals surface area (Å²) in [4.78, 5) is 39.3. The van der Waals surface area contributed by atoms with Crippen LogP contribution in [0.1, 0.15) is 162 Å². The fraction of sp³-hybridized carbons (Fsp3) is 0.509. The maximum atomic E-state index is 13.3. The van der Waals surface area contributed by atoms with E-state index in [0.717, 1.165) is 50.7 Å². The summed E-state index contributed by atoms with van der Waals surface area (Å²) in [5.74, 6) is -3.05. The third-order valence-corrected chi connectivity index (χ3v) is 10.1. The third-order valence-electron chi connectivity index (χ3n) is 10.1. The second kappa shape index (κ2) is 42.5. The molecule has 338 valence electrons. The number of unbranched alkanes of at least 4 members (excludes halogenated alkanes) is 18. The van der Waals surface area contributed by atoms with Gasteiger partial charge in [0, 0.05) is 6.42 Å². The van der Waals surface area contributed by atoms with Gasteiger partial charge in [-0.1, -0.05) is 257 Å². The van der Waals surface area contributed by atoms with Crippen molar-refractivity contribution in [1.29, 1.82) is 0 Å². The van der Waals surface area contributed by atoms with Crippen LogP contribution in [0, 0.1) is 0 Å². The molecule has 0 saturated heterocycles. The molecule has 0 aliphatic rings. The minimum atomic E-state index is -3.08. The van der Waals surface area contributed by atoms with E-state index in [-0.39, 0.29) is 6.42 Å². The minimum Gasteiger partial charge on any atom is -0.386 e. The lowest BCUT2D eigenvalue weighted by Crippen LogP contribution is -2.60. The van der Waals surface area contributed by atoms with Crippen molar-refractivity contribution in [2.45, 2.75) is 180 Å². The number of hydrogen-bond donors (Lipinski definition) is 3. The summed E-state index contributed by atoms with van der Waals surface area (Å²) in [7, 11) is 0. The predicted octanol–water partition coefficient (Wildman–Crippen LogP) is 13.5. The molecule has 0 heterocycles. The van der Waals surface area contributed by atoms with Crippen LogP contribution in [0.4, 0.5) is 0 Å². The standard InChI is InChI=1S/C55H82O6/c1-4-7-10-13-15-17-19-21-23-25-27-29-31-33-35-37-39-42-45-48-51(57)55(61,54(60)53(59)50(56)47-44-41-12-9-6-3)52(58)49-46-43-40-38-36-34-32-30-28-26-24-22-20-18-16-14-11-8-5-2/h23-40,42-43,45-46,48-49,53-54,59-61H,4-22,41,44,47H2,1-3H3. The van der Waals surface area contributed by atoms with Crippen LogP contribution >= 0.6 is 0 Å². The molecule has 0 aromatic carbocycles. The Labute approximate surface area is 371 Å². The summed E-state index contributed by atoms with van der Waals surface area (Å²) in [6, 6.07) is 0. The highest BCUT2D eigenvalue weighted by Gasteiger charge is 2.51. The van der Waals surface area contributed by atoms with Gasteiger partial charge >= 0.3 is 0 Å². The van der Waals surface area contributed by atoms with E-state index in [2.05, 4.69) is 45.1 Å². The van der Waals surface area contributed by atoms with Gasteiger partial charge in [0.1, 0.15) is 12.2 Å². The molecule has 0 aliphatic heterocycles. The van der Waals surface area contributed by atoms with Crippen LogP contribution in [0.2, 0.25) is 0 Å². The largest absolute Gasteiger partial charge is 0.386 e. The van der Waals surface area contributed by atoms with Crippen LogP contribution < -0.4 is 0 Å². The van der Waals surface area contributed by atoms with E-state index in [4.69, 9.17) is 0 Å². The smallest absolute Gasteiger partial charge is 0.218 e. The van der Waals surface area contributed by atoms with E-state index >= 15 is 0 Å². The van der Waals surface area contributed by atoms with Gasteiger partial charge in [0.15, 0.2) is 17.3 Å². The zero-order valence-corrected chi connectivity index (χ0v) is 38.1. The molecule has 0 fully saturated rings. The molecule has 0 aromatic rings. The maximum Gasteiger partial charge on any atom is 0.218 e. The normalized spacial score (nSPS) is 15.2. The fourth-order valence-electron chi connectivity index (χ4n) is 6.22. The Bertz CT molecular complexity index is 1400. The summed E-state index contributed by atoms with van der Waals surface area (Å²) >= 11 is 0. The Balaban J connectivity index is 5.28. The van der Waals surface area contributed by atoms with Crippen molar-refractivity contribution < 1.29 is 29.7 Å². The quantitative estimate of drug-likeness (QED) is 0.0246. The SMILES string of the molecule is CCCCCCCCCC=CC=CC=CC=CC=CC=CC(=O)C(O)(C(=O)C=CC=CC=CC=CC=CC=CCCCCCCCCC)C(O)C(O)C(=O)CCCCCCC. The summed E-state index contributed by atoms with van der Waals surface area (Å²) in [6.45, 7) is 6.55. The van der Waals surface area contributed by atoms with Gasteiger partial charge < -0.3 is 15.3 Å². The number of aliphatic hydroxyl groups is 3. The van der Waals surface area contributed by atoms with E-state index in [1.165, 1.54) is 114 Å². The van der Waals surface area contributed by atoms with Gasteiger partial charge in [-0.3, -0.25) is 14.4 Å². The molecule has 2 unspecified atom stereocenters. The lowest BCUT2D eigenvalue weighted by atomic mass is 9.82. The Morgan fingerprint density at radius 3 is 1.02 bits per heavy atom. The van der Waals surface area contributed by atoms with Crippen LogP contribution in [0.25, 0.3) is 0 Å². The summed E-state index contributed by atoms with van der Waals surface area (Å²) < 4.78 is 0. The van der Waals surface area contributed by atoms with Crippen molar-refractivity contribution in [1.82, 2.24) is 0 Å². The number of allylic oxidation sites excluding steroid dienone is 22. The lowest BCUT2D eigenvalue weighted by molar-refractivity contribution is -0.169. The first-order valence-corrected chi connectivity index (χ1v) is 23.5. The van der Waals surface area contributed by atoms with Crippen molar-refractivity contribution >= 4 is 17.3 Å². The van der Waals surface area contributed by atoms with Crippen molar-refractivity contribution in [2.75, 3.05) is 0 Å². The van der Waals surface area contributed by atoms with Gasteiger partial charge in [0.2, 0.25) is 5.60 Å². The first-order chi connectivity index (χ1) is 29.8. The van der Waals surface area contributed by atoms with Crippen LogP contribution in [0.5, 0.6) is 0 Å². The highest BCUT2D eigenvalue weighted by atomic mass is 16.4. The number of carbonyl (C=O) groups is 3. The van der Waals surface area contributed by atoms with E-state index in [9.17, 15) is 29.7 Å². The highest BCUT2D eigenvalue weighted by Crippen LogP contribution is 2.21. The average molecular weight is 839 g/mol. The molecule has 0 rings (SSSR count). The number of ketones is 3. The van der Waals surface area contributed by atoms with Crippen molar-refractivity contribution in [3.05, 3.63) is 146 Å². The molecule has 6 heteroatoms. The molecular weight excluding hydrogens is 757 g/mol. The second-order valence-corrected chi connectivity index (χ2v) is 15.5. The average Bonchev–Trinajstić information content (AvgIpc) is 3.26. The molecule has 0 bridgehead atoms. The first kappa shape index (κ1) is 56.8. The topological polar surface area (TPSA) is 112 Å². The maximum absolute atomic E-state index is 13.3. The second-order valence-electron chi connectivity index (χ2n) is 15.5. The molecule has 6 nitrogen and oxygen atoms in total. The lowest BCUT2D eigenvalue weighted by Gasteiger charge is -2.30. The van der Waals surface area contributed by atoms with Crippen molar-refractivity contribution in [2.24, 2.45) is 0 Å². The molecule has 0 aliphatic carbocycles. The molecule has 2 atom stereocenters. The van der Waals surface area contributed by atoms with E-state index in [1.54, 1.807) is 24.3 Å². The minimum absolute atomic E-state index is 0.0449. The zero-order chi connectivity index (χ0) is 44.9. The molecular formula is C55H82O6. The fourth-order valence-corrected chi connectivity index (χ4v) is 6.22.